The highest BCUT2D eigenvalue weighted by atomic mass is 35.5. The predicted molar refractivity (Wildman–Crippen MR) is 85.2 cm³/mol. The number of rotatable bonds is 4. The molecule has 2 aromatic rings. The monoisotopic (exact) mass is 326 g/mol. The predicted octanol–water partition coefficient (Wildman–Crippen LogP) is 4.53. The van der Waals surface area contributed by atoms with Gasteiger partial charge in [0.15, 0.2) is 0 Å². The first-order valence-electron chi connectivity index (χ1n) is 5.84. The molecule has 0 saturated heterocycles. The van der Waals surface area contributed by atoms with Crippen LogP contribution < -0.4 is 10.6 Å². The van der Waals surface area contributed by atoms with Crippen LogP contribution in [0.4, 0.5) is 4.79 Å². The second kappa shape index (κ2) is 7.33. The SMILES string of the molecule is O=C(N/C=C/c1cccs1)NCc1c(Cl)cccc1Cl. The lowest BCUT2D eigenvalue weighted by Crippen LogP contribution is -2.31. The molecule has 3 nitrogen and oxygen atoms in total. The number of thiophene rings is 1. The zero-order chi connectivity index (χ0) is 14.4. The number of hydrogen-bond acceptors (Lipinski definition) is 2. The minimum atomic E-state index is -0.311. The molecule has 2 amide bonds. The average molecular weight is 327 g/mol. The summed E-state index contributed by atoms with van der Waals surface area (Å²) in [6, 6.07) is 8.83. The number of nitrogens with one attached hydrogen (secondary N) is 2. The van der Waals surface area contributed by atoms with Crippen molar-refractivity contribution in [1.29, 1.82) is 0 Å². The Kier molecular flexibility index (Phi) is 5.47. The van der Waals surface area contributed by atoms with Gasteiger partial charge in [-0.05, 0) is 29.7 Å². The van der Waals surface area contributed by atoms with E-state index < -0.39 is 0 Å². The Labute approximate surface area is 131 Å². The van der Waals surface area contributed by atoms with Crippen molar-refractivity contribution in [1.82, 2.24) is 10.6 Å². The Morgan fingerprint density at radius 2 is 1.95 bits per heavy atom. The maximum absolute atomic E-state index is 11.6. The van der Waals surface area contributed by atoms with E-state index in [9.17, 15) is 4.79 Å². The average Bonchev–Trinajstić information content (AvgIpc) is 2.91. The first kappa shape index (κ1) is 14.9. The Hall–Kier alpha value is -1.49. The van der Waals surface area contributed by atoms with Crippen LogP contribution in [0.2, 0.25) is 10.0 Å². The summed E-state index contributed by atoms with van der Waals surface area (Å²) in [6.45, 7) is 0.275. The van der Waals surface area contributed by atoms with Gasteiger partial charge in [-0.1, -0.05) is 35.3 Å². The number of halogens is 2. The summed E-state index contributed by atoms with van der Waals surface area (Å²) in [7, 11) is 0. The van der Waals surface area contributed by atoms with E-state index in [2.05, 4.69) is 10.6 Å². The molecule has 0 radical (unpaired) electrons. The van der Waals surface area contributed by atoms with Crippen LogP contribution in [-0.4, -0.2) is 6.03 Å². The van der Waals surface area contributed by atoms with E-state index >= 15 is 0 Å². The van der Waals surface area contributed by atoms with Crippen molar-refractivity contribution in [2.24, 2.45) is 0 Å². The Morgan fingerprint density at radius 1 is 1.20 bits per heavy atom. The Morgan fingerprint density at radius 3 is 2.60 bits per heavy atom. The smallest absolute Gasteiger partial charge is 0.319 e. The highest BCUT2D eigenvalue weighted by Crippen LogP contribution is 2.23. The summed E-state index contributed by atoms with van der Waals surface area (Å²) >= 11 is 13.6. The molecule has 0 spiro atoms. The van der Waals surface area contributed by atoms with Crippen LogP contribution in [0.25, 0.3) is 6.08 Å². The van der Waals surface area contributed by atoms with Gasteiger partial charge in [0.2, 0.25) is 0 Å². The van der Waals surface area contributed by atoms with Crippen LogP contribution in [0.15, 0.2) is 41.9 Å². The standard InChI is InChI=1S/C14H12Cl2N2OS/c15-12-4-1-5-13(16)11(12)9-18-14(19)17-7-6-10-3-2-8-20-10/h1-8H,9H2,(H2,17,18,19)/b7-6+. The van der Waals surface area contributed by atoms with Crippen LogP contribution in [0.5, 0.6) is 0 Å². The molecule has 0 aliphatic heterocycles. The summed E-state index contributed by atoms with van der Waals surface area (Å²) in [5, 5.41) is 8.35. The van der Waals surface area contributed by atoms with Gasteiger partial charge in [-0.3, -0.25) is 0 Å². The molecule has 1 aromatic carbocycles. The molecule has 0 aliphatic carbocycles. The highest BCUT2D eigenvalue weighted by molar-refractivity contribution is 7.10. The Bertz CT molecular complexity index is 591. The number of amides is 2. The van der Waals surface area contributed by atoms with Gasteiger partial charge < -0.3 is 10.6 Å². The third-order valence-electron chi connectivity index (χ3n) is 2.49. The minimum absolute atomic E-state index is 0.275. The lowest BCUT2D eigenvalue weighted by molar-refractivity contribution is 0.244. The van der Waals surface area contributed by atoms with Gasteiger partial charge in [-0.25, -0.2) is 4.79 Å². The van der Waals surface area contributed by atoms with E-state index in [1.165, 1.54) is 0 Å². The second-order valence-corrected chi connectivity index (χ2v) is 5.67. The van der Waals surface area contributed by atoms with Crippen molar-refractivity contribution in [3.05, 3.63) is 62.4 Å². The fourth-order valence-electron chi connectivity index (χ4n) is 1.51. The van der Waals surface area contributed by atoms with Crippen LogP contribution in [-0.2, 0) is 6.54 Å². The fourth-order valence-corrected chi connectivity index (χ4v) is 2.66. The van der Waals surface area contributed by atoms with Gasteiger partial charge in [0.1, 0.15) is 0 Å². The summed E-state index contributed by atoms with van der Waals surface area (Å²) in [5.41, 5.74) is 0.702. The van der Waals surface area contributed by atoms with Crippen molar-refractivity contribution in [2.75, 3.05) is 0 Å². The van der Waals surface area contributed by atoms with E-state index in [-0.39, 0.29) is 12.6 Å². The van der Waals surface area contributed by atoms with Gasteiger partial charge >= 0.3 is 6.03 Å². The van der Waals surface area contributed by atoms with E-state index in [0.717, 1.165) is 4.88 Å². The number of carbonyl (C=O) groups is 1. The molecule has 2 rings (SSSR count). The van der Waals surface area contributed by atoms with Gasteiger partial charge in [-0.15, -0.1) is 11.3 Å². The molecule has 20 heavy (non-hydrogen) atoms. The highest BCUT2D eigenvalue weighted by Gasteiger charge is 2.06. The molecule has 0 unspecified atom stereocenters. The third kappa shape index (κ3) is 4.27. The zero-order valence-corrected chi connectivity index (χ0v) is 12.7. The van der Waals surface area contributed by atoms with Crippen LogP contribution >= 0.6 is 34.5 Å². The molecule has 0 aliphatic rings. The Balaban J connectivity index is 1.83. The van der Waals surface area contributed by atoms with E-state index in [1.807, 2.05) is 23.6 Å². The molecule has 1 heterocycles. The van der Waals surface area contributed by atoms with E-state index in [0.29, 0.717) is 15.6 Å². The number of carbonyl (C=O) groups excluding carboxylic acids is 1. The van der Waals surface area contributed by atoms with E-state index in [4.69, 9.17) is 23.2 Å². The largest absolute Gasteiger partial charge is 0.334 e. The summed E-state index contributed by atoms with van der Waals surface area (Å²) in [6.07, 6.45) is 3.42. The molecule has 0 bridgehead atoms. The molecular formula is C14H12Cl2N2OS. The van der Waals surface area contributed by atoms with Crippen LogP contribution in [0.3, 0.4) is 0 Å². The molecule has 0 saturated carbocycles. The van der Waals surface area contributed by atoms with Gasteiger partial charge in [0.25, 0.3) is 0 Å². The number of urea groups is 1. The third-order valence-corrected chi connectivity index (χ3v) is 4.04. The zero-order valence-electron chi connectivity index (χ0n) is 10.4. The molecule has 6 heteroatoms. The molecule has 1 aromatic heterocycles. The van der Waals surface area contributed by atoms with Crippen molar-refractivity contribution >= 4 is 46.6 Å². The maximum Gasteiger partial charge on any atom is 0.319 e. The minimum Gasteiger partial charge on any atom is -0.334 e. The van der Waals surface area contributed by atoms with Crippen LogP contribution in [0, 0.1) is 0 Å². The number of hydrogen-bond donors (Lipinski definition) is 2. The first-order valence-corrected chi connectivity index (χ1v) is 7.47. The lowest BCUT2D eigenvalue weighted by Gasteiger charge is -2.08. The first-order chi connectivity index (χ1) is 9.66. The van der Waals surface area contributed by atoms with E-state index in [1.54, 1.807) is 35.7 Å². The molecule has 0 fully saturated rings. The summed E-state index contributed by atoms with van der Waals surface area (Å²) in [5.74, 6) is 0. The normalized spacial score (nSPS) is 10.7. The topological polar surface area (TPSA) is 41.1 Å². The van der Waals surface area contributed by atoms with Gasteiger partial charge in [0, 0.05) is 33.2 Å². The maximum atomic E-state index is 11.6. The van der Waals surface area contributed by atoms with Crippen molar-refractivity contribution in [3.8, 4) is 0 Å². The summed E-state index contributed by atoms with van der Waals surface area (Å²) < 4.78 is 0. The number of benzene rings is 1. The summed E-state index contributed by atoms with van der Waals surface area (Å²) in [4.78, 5) is 12.7. The van der Waals surface area contributed by atoms with Crippen molar-refractivity contribution in [2.45, 2.75) is 6.54 Å². The van der Waals surface area contributed by atoms with Crippen molar-refractivity contribution in [3.63, 3.8) is 0 Å². The van der Waals surface area contributed by atoms with Crippen LogP contribution in [0.1, 0.15) is 10.4 Å². The van der Waals surface area contributed by atoms with Gasteiger partial charge in [-0.2, -0.15) is 0 Å². The lowest BCUT2D eigenvalue weighted by atomic mass is 10.2. The van der Waals surface area contributed by atoms with Crippen molar-refractivity contribution < 1.29 is 4.79 Å². The molecule has 2 N–H and O–H groups in total. The second-order valence-electron chi connectivity index (χ2n) is 3.88. The quantitative estimate of drug-likeness (QED) is 0.851. The molecular weight excluding hydrogens is 315 g/mol. The molecule has 0 atom stereocenters. The van der Waals surface area contributed by atoms with Gasteiger partial charge in [0.05, 0.1) is 0 Å². The fraction of sp³-hybridized carbons (Fsp3) is 0.0714. The molecule has 104 valence electrons.